The lowest BCUT2D eigenvalue weighted by molar-refractivity contribution is -0.144. The van der Waals surface area contributed by atoms with Gasteiger partial charge in [0.1, 0.15) is 11.7 Å². The van der Waals surface area contributed by atoms with Crippen LogP contribution in [0, 0.1) is 12.8 Å². The fourth-order valence-electron chi connectivity index (χ4n) is 2.56. The molecule has 104 valence electrons. The molecule has 2 N–H and O–H groups in total. The van der Waals surface area contributed by atoms with Crippen molar-refractivity contribution >= 4 is 11.9 Å². The highest BCUT2D eigenvalue weighted by atomic mass is 16.4. The van der Waals surface area contributed by atoms with E-state index in [2.05, 4.69) is 17.1 Å². The number of hydrogen-bond acceptors (Lipinski definition) is 3. The van der Waals surface area contributed by atoms with Gasteiger partial charge in [-0.1, -0.05) is 13.3 Å². The zero-order valence-corrected chi connectivity index (χ0v) is 11.2. The first-order chi connectivity index (χ1) is 9.02. The quantitative estimate of drug-likeness (QED) is 0.865. The van der Waals surface area contributed by atoms with Crippen LogP contribution in [0.1, 0.15) is 42.4 Å². The number of piperidine rings is 1. The summed E-state index contributed by atoms with van der Waals surface area (Å²) < 4.78 is 0. The second kappa shape index (κ2) is 5.42. The van der Waals surface area contributed by atoms with Crippen LogP contribution in [0.5, 0.6) is 0 Å². The summed E-state index contributed by atoms with van der Waals surface area (Å²) in [5.74, 6) is -0.851. The maximum Gasteiger partial charge on any atom is 0.326 e. The van der Waals surface area contributed by atoms with Gasteiger partial charge in [0.15, 0.2) is 0 Å². The predicted molar refractivity (Wildman–Crippen MR) is 68.8 cm³/mol. The Morgan fingerprint density at radius 3 is 2.84 bits per heavy atom. The van der Waals surface area contributed by atoms with E-state index >= 15 is 0 Å². The molecule has 1 aliphatic rings. The van der Waals surface area contributed by atoms with Crippen molar-refractivity contribution in [3.63, 3.8) is 0 Å². The number of aryl methyl sites for hydroxylation is 1. The Morgan fingerprint density at radius 1 is 1.58 bits per heavy atom. The SMILES string of the molecule is CCC1CCN(C(=O)c2cc(C)[nH]n2)C(C(=O)O)C1. The molecular weight excluding hydrogens is 246 g/mol. The fourth-order valence-corrected chi connectivity index (χ4v) is 2.56. The normalized spacial score (nSPS) is 23.4. The van der Waals surface area contributed by atoms with E-state index in [0.29, 0.717) is 24.6 Å². The second-order valence-electron chi connectivity index (χ2n) is 5.09. The highest BCUT2D eigenvalue weighted by Gasteiger charge is 2.36. The molecule has 19 heavy (non-hydrogen) atoms. The van der Waals surface area contributed by atoms with Crippen LogP contribution in [0.4, 0.5) is 0 Å². The van der Waals surface area contributed by atoms with Crippen LogP contribution in [0.15, 0.2) is 6.07 Å². The van der Waals surface area contributed by atoms with Crippen molar-refractivity contribution in [2.45, 2.75) is 39.2 Å². The van der Waals surface area contributed by atoms with Crippen LogP contribution in [-0.4, -0.2) is 44.7 Å². The smallest absolute Gasteiger partial charge is 0.326 e. The maximum atomic E-state index is 12.3. The summed E-state index contributed by atoms with van der Waals surface area (Å²) in [7, 11) is 0. The number of likely N-dealkylation sites (tertiary alicyclic amines) is 1. The summed E-state index contributed by atoms with van der Waals surface area (Å²) in [6.07, 6.45) is 2.34. The molecule has 0 spiro atoms. The van der Waals surface area contributed by atoms with Crippen molar-refractivity contribution in [3.8, 4) is 0 Å². The fraction of sp³-hybridized carbons (Fsp3) is 0.615. The molecule has 0 bridgehead atoms. The highest BCUT2D eigenvalue weighted by molar-refractivity contribution is 5.95. The Bertz CT molecular complexity index is 483. The molecule has 1 aliphatic heterocycles. The van der Waals surface area contributed by atoms with E-state index in [1.165, 1.54) is 4.90 Å². The van der Waals surface area contributed by atoms with Crippen LogP contribution < -0.4 is 0 Å². The highest BCUT2D eigenvalue weighted by Crippen LogP contribution is 2.26. The first-order valence-corrected chi connectivity index (χ1v) is 6.58. The second-order valence-corrected chi connectivity index (χ2v) is 5.09. The number of rotatable bonds is 3. The van der Waals surface area contributed by atoms with Gasteiger partial charge in [-0.2, -0.15) is 5.10 Å². The van der Waals surface area contributed by atoms with E-state index in [4.69, 9.17) is 0 Å². The van der Waals surface area contributed by atoms with E-state index in [1.807, 2.05) is 6.92 Å². The van der Waals surface area contributed by atoms with Crippen molar-refractivity contribution in [1.29, 1.82) is 0 Å². The van der Waals surface area contributed by atoms with E-state index in [0.717, 1.165) is 18.5 Å². The molecule has 2 heterocycles. The lowest BCUT2D eigenvalue weighted by Crippen LogP contribution is -2.50. The van der Waals surface area contributed by atoms with Gasteiger partial charge in [-0.3, -0.25) is 9.89 Å². The Balaban J connectivity index is 2.17. The number of carbonyl (C=O) groups is 2. The number of aromatic nitrogens is 2. The summed E-state index contributed by atoms with van der Waals surface area (Å²) in [5, 5.41) is 15.9. The summed E-state index contributed by atoms with van der Waals surface area (Å²) in [6.45, 7) is 4.35. The number of aliphatic carboxylic acids is 1. The van der Waals surface area contributed by atoms with Crippen molar-refractivity contribution in [1.82, 2.24) is 15.1 Å². The Morgan fingerprint density at radius 2 is 2.32 bits per heavy atom. The summed E-state index contributed by atoms with van der Waals surface area (Å²) >= 11 is 0. The van der Waals surface area contributed by atoms with E-state index < -0.39 is 12.0 Å². The van der Waals surface area contributed by atoms with Crippen molar-refractivity contribution in [2.75, 3.05) is 6.54 Å². The third kappa shape index (κ3) is 2.77. The van der Waals surface area contributed by atoms with E-state index in [9.17, 15) is 14.7 Å². The molecule has 6 heteroatoms. The molecule has 1 fully saturated rings. The van der Waals surface area contributed by atoms with Gasteiger partial charge in [0, 0.05) is 12.2 Å². The number of nitrogens with one attached hydrogen (secondary N) is 1. The Hall–Kier alpha value is -1.85. The number of nitrogens with zero attached hydrogens (tertiary/aromatic N) is 2. The summed E-state index contributed by atoms with van der Waals surface area (Å²) in [5.41, 5.74) is 1.08. The van der Waals surface area contributed by atoms with Crippen molar-refractivity contribution < 1.29 is 14.7 Å². The van der Waals surface area contributed by atoms with Gasteiger partial charge >= 0.3 is 5.97 Å². The Kier molecular flexibility index (Phi) is 3.87. The molecule has 0 aliphatic carbocycles. The van der Waals surface area contributed by atoms with Gasteiger partial charge in [-0.05, 0) is 31.7 Å². The van der Waals surface area contributed by atoms with E-state index in [1.54, 1.807) is 6.07 Å². The molecule has 0 radical (unpaired) electrons. The first-order valence-electron chi connectivity index (χ1n) is 6.58. The number of carboxylic acids is 1. The molecule has 2 atom stereocenters. The molecular formula is C13H19N3O3. The average molecular weight is 265 g/mol. The number of hydrogen-bond donors (Lipinski definition) is 2. The third-order valence-corrected chi connectivity index (χ3v) is 3.76. The summed E-state index contributed by atoms with van der Waals surface area (Å²) in [4.78, 5) is 25.1. The minimum Gasteiger partial charge on any atom is -0.480 e. The number of H-pyrrole nitrogens is 1. The standard InChI is InChI=1S/C13H19N3O3/c1-3-9-4-5-16(11(7-9)13(18)19)12(17)10-6-8(2)14-15-10/h6,9,11H,3-5,7H2,1-2H3,(H,14,15)(H,18,19). The lowest BCUT2D eigenvalue weighted by Gasteiger charge is -2.36. The monoisotopic (exact) mass is 265 g/mol. The van der Waals surface area contributed by atoms with Crippen LogP contribution >= 0.6 is 0 Å². The minimum atomic E-state index is -0.932. The molecule has 1 aromatic rings. The van der Waals surface area contributed by atoms with E-state index in [-0.39, 0.29) is 5.91 Å². The number of carbonyl (C=O) groups excluding carboxylic acids is 1. The molecule has 1 saturated heterocycles. The zero-order chi connectivity index (χ0) is 14.0. The van der Waals surface area contributed by atoms with Gasteiger partial charge in [0.2, 0.25) is 0 Å². The van der Waals surface area contributed by atoms with Crippen LogP contribution in [0.25, 0.3) is 0 Å². The topological polar surface area (TPSA) is 86.3 Å². The lowest BCUT2D eigenvalue weighted by atomic mass is 9.88. The van der Waals surface area contributed by atoms with Crippen LogP contribution in [0.2, 0.25) is 0 Å². The minimum absolute atomic E-state index is 0.290. The van der Waals surface area contributed by atoms with Gasteiger partial charge < -0.3 is 10.0 Å². The van der Waals surface area contributed by atoms with Crippen LogP contribution in [-0.2, 0) is 4.79 Å². The molecule has 2 unspecified atom stereocenters. The molecule has 6 nitrogen and oxygen atoms in total. The van der Waals surface area contributed by atoms with Crippen LogP contribution in [0.3, 0.4) is 0 Å². The molecule has 0 saturated carbocycles. The van der Waals surface area contributed by atoms with Gasteiger partial charge in [-0.25, -0.2) is 4.79 Å². The first kappa shape index (κ1) is 13.6. The maximum absolute atomic E-state index is 12.3. The van der Waals surface area contributed by atoms with Crippen molar-refractivity contribution in [3.05, 3.63) is 17.5 Å². The molecule has 0 aromatic carbocycles. The van der Waals surface area contributed by atoms with Crippen molar-refractivity contribution in [2.24, 2.45) is 5.92 Å². The Labute approximate surface area is 111 Å². The average Bonchev–Trinajstić information content (AvgIpc) is 2.83. The third-order valence-electron chi connectivity index (χ3n) is 3.76. The van der Waals surface area contributed by atoms with Gasteiger partial charge in [0.25, 0.3) is 5.91 Å². The molecule has 1 amide bonds. The largest absolute Gasteiger partial charge is 0.480 e. The number of carboxylic acid groups (broad SMARTS) is 1. The zero-order valence-electron chi connectivity index (χ0n) is 11.2. The summed E-state index contributed by atoms with van der Waals surface area (Å²) in [6, 6.07) is 0.913. The van der Waals surface area contributed by atoms with Gasteiger partial charge in [-0.15, -0.1) is 0 Å². The molecule has 1 aromatic heterocycles. The number of amides is 1. The van der Waals surface area contributed by atoms with Gasteiger partial charge in [0.05, 0.1) is 0 Å². The predicted octanol–water partition coefficient (Wildman–Crippen LogP) is 1.43. The number of aromatic amines is 1. The molecule has 2 rings (SSSR count).